The van der Waals surface area contributed by atoms with Gasteiger partial charge in [-0.3, -0.25) is 4.79 Å². The Morgan fingerprint density at radius 1 is 1.39 bits per heavy atom. The number of esters is 1. The van der Waals surface area contributed by atoms with Crippen molar-refractivity contribution in [2.45, 2.75) is 18.9 Å². The first kappa shape index (κ1) is 16.9. The van der Waals surface area contributed by atoms with Crippen molar-refractivity contribution in [1.82, 2.24) is 5.32 Å². The third-order valence-corrected chi connectivity index (χ3v) is 2.54. The lowest BCUT2D eigenvalue weighted by Crippen LogP contribution is -2.41. The Hall–Kier alpha value is -1.10. The van der Waals surface area contributed by atoms with Crippen LogP contribution in [0.3, 0.4) is 0 Å². The summed E-state index contributed by atoms with van der Waals surface area (Å²) in [5.41, 5.74) is 1.27. The number of carbonyl (C=O) groups is 1. The molecule has 0 aliphatic carbocycles. The number of hydrogen-bond acceptors (Lipinski definition) is 4. The van der Waals surface area contributed by atoms with Gasteiger partial charge in [-0.25, -0.2) is 0 Å². The lowest BCUT2D eigenvalue weighted by Gasteiger charge is -2.13. The Labute approximate surface area is 114 Å². The average molecular weight is 274 g/mol. The summed E-state index contributed by atoms with van der Waals surface area (Å²) in [6.45, 7) is 0.438. The summed E-state index contributed by atoms with van der Waals surface area (Å²) in [4.78, 5) is 11.2. The van der Waals surface area contributed by atoms with Crippen LogP contribution < -0.4 is 5.32 Å². The molecular weight excluding hydrogens is 254 g/mol. The van der Waals surface area contributed by atoms with Crippen molar-refractivity contribution >= 4 is 18.4 Å². The van der Waals surface area contributed by atoms with Gasteiger partial charge in [-0.05, 0) is 24.9 Å². The first-order chi connectivity index (χ1) is 8.27. The standard InChI is InChI=1S/C13H19NO3.ClH/c1-17-13(16)12(10-15)14-9-5-8-11-6-3-2-4-7-11;/h2-4,6-7,12,14-15H,5,8-10H2,1H3;1H. The monoisotopic (exact) mass is 273 g/mol. The maximum absolute atomic E-state index is 11.2. The molecule has 1 aromatic rings. The molecule has 2 N–H and O–H groups in total. The molecule has 1 atom stereocenters. The second-order valence-electron chi connectivity index (χ2n) is 3.80. The molecule has 0 spiro atoms. The number of rotatable bonds is 7. The van der Waals surface area contributed by atoms with Crippen LogP contribution in [-0.2, 0) is 16.0 Å². The molecule has 0 aliphatic heterocycles. The molecule has 0 amide bonds. The summed E-state index contributed by atoms with van der Waals surface area (Å²) in [6.07, 6.45) is 1.87. The van der Waals surface area contributed by atoms with E-state index in [9.17, 15) is 4.79 Å². The summed E-state index contributed by atoms with van der Waals surface area (Å²) >= 11 is 0. The van der Waals surface area contributed by atoms with Crippen LogP contribution in [0.4, 0.5) is 0 Å². The van der Waals surface area contributed by atoms with Gasteiger partial charge in [-0.2, -0.15) is 0 Å². The number of hydrogen-bond donors (Lipinski definition) is 2. The normalized spacial score (nSPS) is 11.4. The lowest BCUT2D eigenvalue weighted by molar-refractivity contribution is -0.144. The number of ether oxygens (including phenoxy) is 1. The van der Waals surface area contributed by atoms with E-state index in [2.05, 4.69) is 22.2 Å². The molecule has 102 valence electrons. The molecule has 1 rings (SSSR count). The largest absolute Gasteiger partial charge is 0.468 e. The van der Waals surface area contributed by atoms with Gasteiger partial charge in [-0.15, -0.1) is 12.4 Å². The molecule has 18 heavy (non-hydrogen) atoms. The summed E-state index contributed by atoms with van der Waals surface area (Å²) < 4.78 is 4.56. The van der Waals surface area contributed by atoms with Gasteiger partial charge < -0.3 is 15.2 Å². The Balaban J connectivity index is 0.00000289. The van der Waals surface area contributed by atoms with Crippen LogP contribution in [0.15, 0.2) is 30.3 Å². The van der Waals surface area contributed by atoms with Crippen molar-refractivity contribution in [3.63, 3.8) is 0 Å². The second kappa shape index (κ2) is 9.88. The summed E-state index contributed by atoms with van der Waals surface area (Å²) in [5.74, 6) is -0.424. The first-order valence-corrected chi connectivity index (χ1v) is 5.74. The van der Waals surface area contributed by atoms with Gasteiger partial charge in [0.15, 0.2) is 0 Å². The number of halogens is 1. The van der Waals surface area contributed by atoms with Crippen LogP contribution in [0.25, 0.3) is 0 Å². The fraction of sp³-hybridized carbons (Fsp3) is 0.462. The number of aliphatic hydroxyl groups is 1. The Morgan fingerprint density at radius 2 is 2.06 bits per heavy atom. The summed E-state index contributed by atoms with van der Waals surface area (Å²) in [6, 6.07) is 9.53. The maximum Gasteiger partial charge on any atom is 0.325 e. The third kappa shape index (κ3) is 6.00. The van der Waals surface area contributed by atoms with Gasteiger partial charge in [0, 0.05) is 0 Å². The van der Waals surface area contributed by atoms with Crippen LogP contribution in [0.2, 0.25) is 0 Å². The van der Waals surface area contributed by atoms with Crippen molar-refractivity contribution in [1.29, 1.82) is 0 Å². The zero-order chi connectivity index (χ0) is 12.5. The zero-order valence-corrected chi connectivity index (χ0v) is 11.3. The van der Waals surface area contributed by atoms with Gasteiger partial charge in [0.2, 0.25) is 0 Å². The number of aryl methyl sites for hydroxylation is 1. The number of nitrogens with one attached hydrogen (secondary N) is 1. The Bertz CT molecular complexity index is 332. The van der Waals surface area contributed by atoms with Crippen molar-refractivity contribution in [2.75, 3.05) is 20.3 Å². The first-order valence-electron chi connectivity index (χ1n) is 5.74. The molecule has 1 aromatic carbocycles. The van der Waals surface area contributed by atoms with Crippen LogP contribution in [0.1, 0.15) is 12.0 Å². The highest BCUT2D eigenvalue weighted by Crippen LogP contribution is 2.01. The molecule has 0 aliphatic rings. The number of methoxy groups -OCH3 is 1. The predicted molar refractivity (Wildman–Crippen MR) is 72.9 cm³/mol. The van der Waals surface area contributed by atoms with E-state index in [-0.39, 0.29) is 19.0 Å². The fourth-order valence-corrected chi connectivity index (χ4v) is 1.58. The molecule has 0 saturated heterocycles. The molecular formula is C13H20ClNO3. The third-order valence-electron chi connectivity index (χ3n) is 2.54. The number of aliphatic hydroxyl groups excluding tert-OH is 1. The minimum Gasteiger partial charge on any atom is -0.468 e. The van der Waals surface area contributed by atoms with E-state index in [1.165, 1.54) is 12.7 Å². The van der Waals surface area contributed by atoms with E-state index >= 15 is 0 Å². The number of carbonyl (C=O) groups excluding carboxylic acids is 1. The Morgan fingerprint density at radius 3 is 2.61 bits per heavy atom. The van der Waals surface area contributed by atoms with Gasteiger partial charge in [0.1, 0.15) is 6.04 Å². The topological polar surface area (TPSA) is 58.6 Å². The smallest absolute Gasteiger partial charge is 0.325 e. The van der Waals surface area contributed by atoms with Gasteiger partial charge >= 0.3 is 5.97 Å². The summed E-state index contributed by atoms with van der Waals surface area (Å²) in [7, 11) is 1.32. The van der Waals surface area contributed by atoms with E-state index in [0.29, 0.717) is 6.54 Å². The zero-order valence-electron chi connectivity index (χ0n) is 10.5. The molecule has 0 fully saturated rings. The van der Waals surface area contributed by atoms with E-state index < -0.39 is 12.0 Å². The van der Waals surface area contributed by atoms with Crippen molar-refractivity contribution in [3.8, 4) is 0 Å². The SMILES string of the molecule is COC(=O)C(CO)NCCCc1ccccc1.Cl. The lowest BCUT2D eigenvalue weighted by atomic mass is 10.1. The highest BCUT2D eigenvalue weighted by atomic mass is 35.5. The maximum atomic E-state index is 11.2. The molecule has 1 unspecified atom stereocenters. The highest BCUT2D eigenvalue weighted by Gasteiger charge is 2.16. The van der Waals surface area contributed by atoms with Crippen LogP contribution in [0, 0.1) is 0 Å². The second-order valence-corrected chi connectivity index (χ2v) is 3.80. The predicted octanol–water partition coefficient (Wildman–Crippen LogP) is 1.16. The van der Waals surface area contributed by atoms with Crippen LogP contribution >= 0.6 is 12.4 Å². The van der Waals surface area contributed by atoms with Gasteiger partial charge in [-0.1, -0.05) is 30.3 Å². The van der Waals surface area contributed by atoms with Gasteiger partial charge in [0.05, 0.1) is 13.7 Å². The van der Waals surface area contributed by atoms with Crippen LogP contribution in [-0.4, -0.2) is 37.4 Å². The van der Waals surface area contributed by atoms with E-state index in [1.54, 1.807) is 0 Å². The fourth-order valence-electron chi connectivity index (χ4n) is 1.58. The van der Waals surface area contributed by atoms with Crippen molar-refractivity contribution < 1.29 is 14.6 Å². The minimum atomic E-state index is -0.615. The molecule has 5 heteroatoms. The van der Waals surface area contributed by atoms with E-state index in [1.807, 2.05) is 18.2 Å². The molecule has 0 heterocycles. The molecule has 0 bridgehead atoms. The van der Waals surface area contributed by atoms with E-state index in [4.69, 9.17) is 5.11 Å². The average Bonchev–Trinajstić information content (AvgIpc) is 2.39. The minimum absolute atomic E-state index is 0. The Kier molecular flexibility index (Phi) is 9.28. The van der Waals surface area contributed by atoms with Crippen molar-refractivity contribution in [2.24, 2.45) is 0 Å². The quantitative estimate of drug-likeness (QED) is 0.578. The molecule has 0 saturated carbocycles. The molecule has 0 aromatic heterocycles. The number of benzene rings is 1. The van der Waals surface area contributed by atoms with Crippen LogP contribution in [0.5, 0.6) is 0 Å². The van der Waals surface area contributed by atoms with Crippen molar-refractivity contribution in [3.05, 3.63) is 35.9 Å². The summed E-state index contributed by atoms with van der Waals surface area (Å²) in [5, 5.41) is 11.9. The molecule has 0 radical (unpaired) electrons. The molecule has 4 nitrogen and oxygen atoms in total. The highest BCUT2D eigenvalue weighted by molar-refractivity contribution is 5.85. The van der Waals surface area contributed by atoms with Gasteiger partial charge in [0.25, 0.3) is 0 Å². The van der Waals surface area contributed by atoms with E-state index in [0.717, 1.165) is 12.8 Å².